The van der Waals surface area contributed by atoms with Crippen LogP contribution in [0.2, 0.25) is 0 Å². The van der Waals surface area contributed by atoms with Crippen LogP contribution in [0.3, 0.4) is 0 Å². The van der Waals surface area contributed by atoms with Gasteiger partial charge in [-0.15, -0.1) is 12.4 Å². The SMILES string of the molecule is COc1cc(CC(N)=O)cc2c1OCO2.Cl. The van der Waals surface area contributed by atoms with E-state index >= 15 is 0 Å². The summed E-state index contributed by atoms with van der Waals surface area (Å²) in [4.78, 5) is 10.8. The normalized spacial score (nSPS) is 11.8. The fourth-order valence-electron chi connectivity index (χ4n) is 1.49. The molecule has 2 rings (SSSR count). The third-order valence-electron chi connectivity index (χ3n) is 2.10. The van der Waals surface area contributed by atoms with E-state index in [1.54, 1.807) is 12.1 Å². The van der Waals surface area contributed by atoms with Crippen LogP contribution in [0.5, 0.6) is 17.2 Å². The van der Waals surface area contributed by atoms with Crippen LogP contribution >= 0.6 is 12.4 Å². The Morgan fingerprint density at radius 2 is 2.25 bits per heavy atom. The minimum atomic E-state index is -0.393. The number of halogens is 1. The van der Waals surface area contributed by atoms with E-state index in [2.05, 4.69) is 0 Å². The summed E-state index contributed by atoms with van der Waals surface area (Å²) in [6.07, 6.45) is 0.160. The second-order valence-corrected chi connectivity index (χ2v) is 3.17. The fraction of sp³-hybridized carbons (Fsp3) is 0.300. The standard InChI is InChI=1S/C10H11NO4.ClH/c1-13-7-2-6(4-9(11)12)3-8-10(7)15-5-14-8;/h2-3H,4-5H2,1H3,(H2,11,12);1H. The maximum atomic E-state index is 10.8. The number of methoxy groups -OCH3 is 1. The van der Waals surface area contributed by atoms with Crippen LogP contribution in [-0.4, -0.2) is 19.8 Å². The minimum Gasteiger partial charge on any atom is -0.493 e. The lowest BCUT2D eigenvalue weighted by Gasteiger charge is -2.06. The molecule has 5 nitrogen and oxygen atoms in total. The summed E-state index contributed by atoms with van der Waals surface area (Å²) in [6.45, 7) is 0.172. The van der Waals surface area contributed by atoms with Gasteiger partial charge in [0.1, 0.15) is 0 Å². The maximum Gasteiger partial charge on any atom is 0.231 e. The molecule has 0 aliphatic carbocycles. The smallest absolute Gasteiger partial charge is 0.231 e. The molecule has 1 heterocycles. The molecule has 6 heteroatoms. The van der Waals surface area contributed by atoms with Crippen LogP contribution < -0.4 is 19.9 Å². The van der Waals surface area contributed by atoms with E-state index in [0.717, 1.165) is 5.56 Å². The van der Waals surface area contributed by atoms with E-state index in [0.29, 0.717) is 17.2 Å². The van der Waals surface area contributed by atoms with Gasteiger partial charge in [-0.3, -0.25) is 4.79 Å². The molecular weight excluding hydrogens is 234 g/mol. The zero-order valence-electron chi connectivity index (χ0n) is 8.69. The summed E-state index contributed by atoms with van der Waals surface area (Å²) in [7, 11) is 1.53. The molecule has 1 aliphatic rings. The fourth-order valence-corrected chi connectivity index (χ4v) is 1.49. The number of benzene rings is 1. The number of fused-ring (bicyclic) bond motifs is 1. The number of hydrogen-bond acceptors (Lipinski definition) is 4. The van der Waals surface area contributed by atoms with Crippen molar-refractivity contribution in [3.63, 3.8) is 0 Å². The van der Waals surface area contributed by atoms with Crippen LogP contribution in [0, 0.1) is 0 Å². The lowest BCUT2D eigenvalue weighted by molar-refractivity contribution is -0.117. The van der Waals surface area contributed by atoms with Gasteiger partial charge in [0.15, 0.2) is 11.5 Å². The molecule has 0 aromatic heterocycles. The van der Waals surface area contributed by atoms with E-state index in [1.807, 2.05) is 0 Å². The van der Waals surface area contributed by atoms with Gasteiger partial charge in [0.25, 0.3) is 0 Å². The Labute approximate surface area is 98.9 Å². The van der Waals surface area contributed by atoms with Gasteiger partial charge in [-0.2, -0.15) is 0 Å². The maximum absolute atomic E-state index is 10.8. The summed E-state index contributed by atoms with van der Waals surface area (Å²) in [5.74, 6) is 1.33. The molecule has 88 valence electrons. The lowest BCUT2D eigenvalue weighted by atomic mass is 10.1. The van der Waals surface area contributed by atoms with Crippen LogP contribution in [0.1, 0.15) is 5.56 Å². The van der Waals surface area contributed by atoms with E-state index in [-0.39, 0.29) is 25.6 Å². The van der Waals surface area contributed by atoms with Crippen molar-refractivity contribution in [2.45, 2.75) is 6.42 Å². The molecule has 0 atom stereocenters. The molecule has 0 bridgehead atoms. The summed E-state index contributed by atoms with van der Waals surface area (Å²) < 4.78 is 15.5. The Morgan fingerprint density at radius 3 is 2.88 bits per heavy atom. The summed E-state index contributed by atoms with van der Waals surface area (Å²) in [5.41, 5.74) is 5.86. The Kier molecular flexibility index (Phi) is 3.84. The highest BCUT2D eigenvalue weighted by molar-refractivity contribution is 5.85. The van der Waals surface area contributed by atoms with Gasteiger partial charge in [0.2, 0.25) is 18.4 Å². The molecular formula is C10H12ClNO4. The van der Waals surface area contributed by atoms with Gasteiger partial charge in [-0.25, -0.2) is 0 Å². The first-order valence-corrected chi connectivity index (χ1v) is 4.45. The van der Waals surface area contributed by atoms with E-state index in [1.165, 1.54) is 7.11 Å². The quantitative estimate of drug-likeness (QED) is 0.858. The van der Waals surface area contributed by atoms with Crippen LogP contribution in [-0.2, 0) is 11.2 Å². The van der Waals surface area contributed by atoms with Crippen molar-refractivity contribution in [1.29, 1.82) is 0 Å². The monoisotopic (exact) mass is 245 g/mol. The second-order valence-electron chi connectivity index (χ2n) is 3.17. The molecule has 0 fully saturated rings. The van der Waals surface area contributed by atoms with Crippen molar-refractivity contribution in [1.82, 2.24) is 0 Å². The van der Waals surface area contributed by atoms with Crippen molar-refractivity contribution >= 4 is 18.3 Å². The van der Waals surface area contributed by atoms with Crippen LogP contribution in [0.15, 0.2) is 12.1 Å². The number of carbonyl (C=O) groups is 1. The van der Waals surface area contributed by atoms with Gasteiger partial charge in [-0.1, -0.05) is 0 Å². The predicted molar refractivity (Wildman–Crippen MR) is 59.3 cm³/mol. The molecule has 0 unspecified atom stereocenters. The number of hydrogen-bond donors (Lipinski definition) is 1. The Balaban J connectivity index is 0.00000128. The van der Waals surface area contributed by atoms with Crippen molar-refractivity contribution in [2.75, 3.05) is 13.9 Å². The summed E-state index contributed by atoms with van der Waals surface area (Å²) >= 11 is 0. The average Bonchev–Trinajstić information content (AvgIpc) is 2.63. The second kappa shape index (κ2) is 4.94. The first kappa shape index (κ1) is 12.4. The van der Waals surface area contributed by atoms with Gasteiger partial charge in [-0.05, 0) is 17.7 Å². The lowest BCUT2D eigenvalue weighted by Crippen LogP contribution is -2.13. The van der Waals surface area contributed by atoms with Crippen LogP contribution in [0.25, 0.3) is 0 Å². The van der Waals surface area contributed by atoms with E-state index in [4.69, 9.17) is 19.9 Å². The molecule has 0 saturated carbocycles. The number of primary amides is 1. The summed E-state index contributed by atoms with van der Waals surface area (Å²) in [6, 6.07) is 3.45. The Morgan fingerprint density at radius 1 is 1.50 bits per heavy atom. The molecule has 1 amide bonds. The third-order valence-corrected chi connectivity index (χ3v) is 2.10. The highest BCUT2D eigenvalue weighted by Crippen LogP contribution is 2.41. The molecule has 1 aromatic carbocycles. The van der Waals surface area contributed by atoms with Crippen molar-refractivity contribution in [3.05, 3.63) is 17.7 Å². The van der Waals surface area contributed by atoms with Gasteiger partial charge in [0.05, 0.1) is 13.5 Å². The first-order chi connectivity index (χ1) is 7.20. The Hall–Kier alpha value is -1.62. The van der Waals surface area contributed by atoms with Crippen molar-refractivity contribution < 1.29 is 19.0 Å². The average molecular weight is 246 g/mol. The summed E-state index contributed by atoms with van der Waals surface area (Å²) in [5, 5.41) is 0. The van der Waals surface area contributed by atoms with Gasteiger partial charge < -0.3 is 19.9 Å². The predicted octanol–water partition coefficient (Wildman–Crippen LogP) is 0.873. The highest BCUT2D eigenvalue weighted by Gasteiger charge is 2.20. The molecule has 2 N–H and O–H groups in total. The minimum absolute atomic E-state index is 0. The zero-order valence-corrected chi connectivity index (χ0v) is 9.50. The number of rotatable bonds is 3. The number of nitrogens with two attached hydrogens (primary N) is 1. The molecule has 0 spiro atoms. The number of carbonyl (C=O) groups excluding carboxylic acids is 1. The first-order valence-electron chi connectivity index (χ1n) is 4.45. The Bertz CT molecular complexity index is 408. The van der Waals surface area contributed by atoms with Crippen LogP contribution in [0.4, 0.5) is 0 Å². The van der Waals surface area contributed by atoms with Gasteiger partial charge in [0, 0.05) is 0 Å². The van der Waals surface area contributed by atoms with Crippen molar-refractivity contribution in [2.24, 2.45) is 5.73 Å². The third kappa shape index (κ3) is 2.30. The largest absolute Gasteiger partial charge is 0.493 e. The van der Waals surface area contributed by atoms with E-state index in [9.17, 15) is 4.79 Å². The molecule has 16 heavy (non-hydrogen) atoms. The number of amides is 1. The number of ether oxygens (including phenoxy) is 3. The van der Waals surface area contributed by atoms with E-state index < -0.39 is 5.91 Å². The van der Waals surface area contributed by atoms with Gasteiger partial charge >= 0.3 is 0 Å². The molecule has 1 aromatic rings. The van der Waals surface area contributed by atoms with Crippen molar-refractivity contribution in [3.8, 4) is 17.2 Å². The molecule has 1 aliphatic heterocycles. The molecule has 0 saturated heterocycles. The molecule has 0 radical (unpaired) electrons. The zero-order chi connectivity index (χ0) is 10.8. The topological polar surface area (TPSA) is 70.8 Å². The highest BCUT2D eigenvalue weighted by atomic mass is 35.5.